The third-order valence-corrected chi connectivity index (χ3v) is 6.58. The molecule has 0 saturated carbocycles. The number of hydrogen-bond acceptors (Lipinski definition) is 6. The number of piperazine rings is 1. The van der Waals surface area contributed by atoms with Crippen molar-refractivity contribution in [3.8, 4) is 11.3 Å². The van der Waals surface area contributed by atoms with Crippen LogP contribution in [0, 0.1) is 12.7 Å². The van der Waals surface area contributed by atoms with Crippen molar-refractivity contribution in [3.05, 3.63) is 65.5 Å². The Hall–Kier alpha value is -2.96. The van der Waals surface area contributed by atoms with Gasteiger partial charge in [0, 0.05) is 31.7 Å². The lowest BCUT2D eigenvalue weighted by molar-refractivity contribution is -0.137. The molecular formula is C22H22ClF4N5O2S. The molecule has 1 aliphatic rings. The molecule has 1 saturated heterocycles. The Morgan fingerprint density at radius 1 is 1.03 bits per heavy atom. The van der Waals surface area contributed by atoms with Gasteiger partial charge in [0.2, 0.25) is 0 Å². The van der Waals surface area contributed by atoms with Gasteiger partial charge < -0.3 is 10.2 Å². The molecule has 7 nitrogen and oxygen atoms in total. The quantitative estimate of drug-likeness (QED) is 0.479. The van der Waals surface area contributed by atoms with E-state index in [9.17, 15) is 26.0 Å². The topological polar surface area (TPSA) is 87.2 Å². The SMILES string of the molecule is Cc1ccc(F)cc1-c1nc(NS(=O)(=O)c2cccc(N3CCNCC3)n2)ccc1C(F)(F)F.Cl. The number of anilines is 2. The molecule has 1 aromatic carbocycles. The first kappa shape index (κ1) is 26.6. The molecule has 3 heterocycles. The predicted octanol–water partition coefficient (Wildman–Crippen LogP) is 4.24. The third-order valence-electron chi connectivity index (χ3n) is 5.32. The van der Waals surface area contributed by atoms with Gasteiger partial charge >= 0.3 is 6.18 Å². The number of rotatable bonds is 5. The molecule has 4 rings (SSSR count). The molecule has 0 atom stereocenters. The Balaban J connectivity index is 0.00000342. The second-order valence-corrected chi connectivity index (χ2v) is 9.36. The largest absolute Gasteiger partial charge is 0.418 e. The van der Waals surface area contributed by atoms with E-state index >= 15 is 0 Å². The molecule has 35 heavy (non-hydrogen) atoms. The van der Waals surface area contributed by atoms with Gasteiger partial charge in [-0.05, 0) is 48.9 Å². The molecule has 0 amide bonds. The highest BCUT2D eigenvalue weighted by Crippen LogP contribution is 2.38. The van der Waals surface area contributed by atoms with E-state index in [1.807, 2.05) is 4.90 Å². The molecule has 1 fully saturated rings. The molecule has 0 radical (unpaired) electrons. The van der Waals surface area contributed by atoms with Crippen molar-refractivity contribution in [3.63, 3.8) is 0 Å². The predicted molar refractivity (Wildman–Crippen MR) is 127 cm³/mol. The Kier molecular flexibility index (Phi) is 7.87. The summed E-state index contributed by atoms with van der Waals surface area (Å²) < 4.78 is 82.8. The van der Waals surface area contributed by atoms with Crippen molar-refractivity contribution in [2.24, 2.45) is 0 Å². The Morgan fingerprint density at radius 2 is 1.74 bits per heavy atom. The molecular weight excluding hydrogens is 510 g/mol. The molecule has 0 aliphatic carbocycles. The highest BCUT2D eigenvalue weighted by atomic mass is 35.5. The van der Waals surface area contributed by atoms with Gasteiger partial charge in [-0.1, -0.05) is 12.1 Å². The Labute approximate surface area is 206 Å². The summed E-state index contributed by atoms with van der Waals surface area (Å²) in [6.07, 6.45) is -4.78. The van der Waals surface area contributed by atoms with Gasteiger partial charge in [0.25, 0.3) is 10.0 Å². The summed E-state index contributed by atoms with van der Waals surface area (Å²) in [5, 5.41) is 2.89. The Bertz CT molecular complexity index is 1320. The van der Waals surface area contributed by atoms with Crippen LogP contribution in [-0.2, 0) is 16.2 Å². The number of pyridine rings is 2. The molecule has 2 aromatic heterocycles. The summed E-state index contributed by atoms with van der Waals surface area (Å²) in [6.45, 7) is 4.28. The molecule has 188 valence electrons. The summed E-state index contributed by atoms with van der Waals surface area (Å²) in [7, 11) is -4.26. The van der Waals surface area contributed by atoms with E-state index in [0.717, 1.165) is 37.4 Å². The maximum Gasteiger partial charge on any atom is 0.418 e. The minimum Gasteiger partial charge on any atom is -0.354 e. The zero-order valence-electron chi connectivity index (χ0n) is 18.4. The normalized spacial score (nSPS) is 14.4. The van der Waals surface area contributed by atoms with Gasteiger partial charge in [-0.2, -0.15) is 21.6 Å². The first-order valence-electron chi connectivity index (χ1n) is 10.3. The number of hydrogen-bond donors (Lipinski definition) is 2. The summed E-state index contributed by atoms with van der Waals surface area (Å²) in [6, 6.07) is 9.53. The van der Waals surface area contributed by atoms with Gasteiger partial charge in [-0.25, -0.2) is 14.4 Å². The molecule has 0 bridgehead atoms. The second kappa shape index (κ2) is 10.3. The van der Waals surface area contributed by atoms with E-state index in [-0.39, 0.29) is 28.8 Å². The van der Waals surface area contributed by atoms with E-state index in [2.05, 4.69) is 20.0 Å². The summed E-state index contributed by atoms with van der Waals surface area (Å²) in [4.78, 5) is 10.1. The minimum absolute atomic E-state index is 0. The van der Waals surface area contributed by atoms with Crippen LogP contribution in [0.3, 0.4) is 0 Å². The summed E-state index contributed by atoms with van der Waals surface area (Å²) >= 11 is 0. The number of benzene rings is 1. The van der Waals surface area contributed by atoms with Crippen LogP contribution in [0.2, 0.25) is 0 Å². The first-order valence-corrected chi connectivity index (χ1v) is 11.8. The van der Waals surface area contributed by atoms with E-state index in [4.69, 9.17) is 0 Å². The van der Waals surface area contributed by atoms with E-state index in [1.165, 1.54) is 19.1 Å². The van der Waals surface area contributed by atoms with Crippen molar-refractivity contribution in [1.82, 2.24) is 15.3 Å². The van der Waals surface area contributed by atoms with Crippen LogP contribution >= 0.6 is 12.4 Å². The van der Waals surface area contributed by atoms with Crippen LogP contribution in [0.4, 0.5) is 29.2 Å². The minimum atomic E-state index is -4.78. The maximum atomic E-state index is 13.8. The molecule has 1 aliphatic heterocycles. The molecule has 0 spiro atoms. The average molecular weight is 532 g/mol. The fourth-order valence-electron chi connectivity index (χ4n) is 3.61. The van der Waals surface area contributed by atoms with Crippen molar-refractivity contribution >= 4 is 34.1 Å². The van der Waals surface area contributed by atoms with Gasteiger partial charge in [0.15, 0.2) is 5.03 Å². The van der Waals surface area contributed by atoms with Crippen LogP contribution in [-0.4, -0.2) is 44.6 Å². The van der Waals surface area contributed by atoms with Crippen molar-refractivity contribution in [1.29, 1.82) is 0 Å². The standard InChI is InChI=1S/C22H21F4N5O2S.ClH/c1-14-5-6-15(23)13-16(14)21-17(22(24,25)26)7-8-18(28-21)30-34(32,33)20-4-2-3-19(29-20)31-11-9-27-10-12-31;/h2-8,13,27H,9-12H2,1H3,(H,28,30);1H. The van der Waals surface area contributed by atoms with Crippen molar-refractivity contribution in [2.45, 2.75) is 18.1 Å². The van der Waals surface area contributed by atoms with Crippen LogP contribution in [0.25, 0.3) is 11.3 Å². The van der Waals surface area contributed by atoms with Crippen LogP contribution < -0.4 is 14.9 Å². The van der Waals surface area contributed by atoms with Crippen LogP contribution in [0.1, 0.15) is 11.1 Å². The lowest BCUT2D eigenvalue weighted by atomic mass is 10.0. The van der Waals surface area contributed by atoms with Gasteiger partial charge in [0.05, 0.1) is 11.3 Å². The third kappa shape index (κ3) is 6.00. The lowest BCUT2D eigenvalue weighted by Gasteiger charge is -2.28. The zero-order chi connectivity index (χ0) is 24.5. The zero-order valence-corrected chi connectivity index (χ0v) is 20.1. The monoisotopic (exact) mass is 531 g/mol. The highest BCUT2D eigenvalue weighted by molar-refractivity contribution is 7.92. The number of nitrogens with zero attached hydrogens (tertiary/aromatic N) is 3. The van der Waals surface area contributed by atoms with Gasteiger partial charge in [0.1, 0.15) is 17.5 Å². The van der Waals surface area contributed by atoms with Gasteiger partial charge in [-0.3, -0.25) is 4.72 Å². The second-order valence-electron chi connectivity index (χ2n) is 7.73. The lowest BCUT2D eigenvalue weighted by Crippen LogP contribution is -2.44. The highest BCUT2D eigenvalue weighted by Gasteiger charge is 2.35. The fourth-order valence-corrected chi connectivity index (χ4v) is 4.58. The summed E-state index contributed by atoms with van der Waals surface area (Å²) in [5.74, 6) is -0.614. The van der Waals surface area contributed by atoms with Crippen molar-refractivity contribution < 1.29 is 26.0 Å². The fraction of sp³-hybridized carbons (Fsp3) is 0.273. The van der Waals surface area contributed by atoms with Gasteiger partial charge in [-0.15, -0.1) is 12.4 Å². The maximum absolute atomic E-state index is 13.8. The van der Waals surface area contributed by atoms with E-state index in [0.29, 0.717) is 24.5 Å². The number of sulfonamides is 1. The van der Waals surface area contributed by atoms with Crippen LogP contribution in [0.15, 0.2) is 53.6 Å². The van der Waals surface area contributed by atoms with E-state index in [1.54, 1.807) is 12.1 Å². The van der Waals surface area contributed by atoms with Crippen molar-refractivity contribution in [2.75, 3.05) is 35.8 Å². The number of aryl methyl sites for hydroxylation is 1. The number of halogens is 5. The number of nitrogens with one attached hydrogen (secondary N) is 2. The number of alkyl halides is 3. The molecule has 0 unspecified atom stereocenters. The Morgan fingerprint density at radius 3 is 2.43 bits per heavy atom. The molecule has 2 N–H and O–H groups in total. The molecule has 3 aromatic rings. The number of aromatic nitrogens is 2. The average Bonchev–Trinajstić information content (AvgIpc) is 2.80. The molecule has 13 heteroatoms. The first-order chi connectivity index (χ1) is 16.0. The summed E-state index contributed by atoms with van der Waals surface area (Å²) in [5.41, 5.74) is -1.42. The smallest absolute Gasteiger partial charge is 0.354 e. The van der Waals surface area contributed by atoms with E-state index < -0.39 is 33.3 Å². The van der Waals surface area contributed by atoms with Crippen LogP contribution in [0.5, 0.6) is 0 Å².